The second kappa shape index (κ2) is 9.53. The van der Waals surface area contributed by atoms with Gasteiger partial charge >= 0.3 is 0 Å². The van der Waals surface area contributed by atoms with Gasteiger partial charge in [-0.2, -0.15) is 4.31 Å². The van der Waals surface area contributed by atoms with Gasteiger partial charge in [0.15, 0.2) is 5.78 Å². The third-order valence-electron chi connectivity index (χ3n) is 5.50. The van der Waals surface area contributed by atoms with Crippen LogP contribution in [0.4, 0.5) is 0 Å². The lowest BCUT2D eigenvalue weighted by Crippen LogP contribution is -2.50. The highest BCUT2D eigenvalue weighted by Crippen LogP contribution is 2.19. The molecule has 1 fully saturated rings. The number of nitrogens with zero attached hydrogens (tertiary/aromatic N) is 2. The van der Waals surface area contributed by atoms with E-state index in [4.69, 9.17) is 0 Å². The van der Waals surface area contributed by atoms with Gasteiger partial charge < -0.3 is 4.90 Å². The minimum Gasteiger partial charge on any atom is -0.340 e. The highest BCUT2D eigenvalue weighted by molar-refractivity contribution is 7.89. The summed E-state index contributed by atoms with van der Waals surface area (Å²) in [4.78, 5) is 26.8. The van der Waals surface area contributed by atoms with Gasteiger partial charge in [0.2, 0.25) is 15.9 Å². The number of Topliss-reactive ketones (excluding diaryl/α,β-unsaturated/α-hetero) is 1. The molecule has 2 aromatic rings. The van der Waals surface area contributed by atoms with Crippen LogP contribution in [0.1, 0.15) is 41.3 Å². The highest BCUT2D eigenvalue weighted by atomic mass is 32.2. The maximum atomic E-state index is 12.8. The summed E-state index contributed by atoms with van der Waals surface area (Å²) < 4.78 is 27.0. The van der Waals surface area contributed by atoms with E-state index in [1.165, 1.54) is 9.87 Å². The van der Waals surface area contributed by atoms with E-state index in [0.717, 1.165) is 12.0 Å². The molecular formula is C23H28N2O4S. The minimum atomic E-state index is -3.55. The average molecular weight is 429 g/mol. The SMILES string of the molecule is CCc1ccc(C(=O)CCC(=O)N2CCN(S(=O)(=O)c3ccc(C)cc3)CC2)cc1. The summed E-state index contributed by atoms with van der Waals surface area (Å²) in [6.07, 6.45) is 1.21. The predicted molar refractivity (Wildman–Crippen MR) is 116 cm³/mol. The van der Waals surface area contributed by atoms with Gasteiger partial charge in [0.1, 0.15) is 0 Å². The van der Waals surface area contributed by atoms with E-state index in [0.29, 0.717) is 18.7 Å². The van der Waals surface area contributed by atoms with Crippen molar-refractivity contribution >= 4 is 21.7 Å². The third-order valence-corrected chi connectivity index (χ3v) is 7.41. The van der Waals surface area contributed by atoms with Crippen LogP contribution in [-0.2, 0) is 21.2 Å². The van der Waals surface area contributed by atoms with Gasteiger partial charge in [-0.3, -0.25) is 9.59 Å². The molecule has 2 aromatic carbocycles. The van der Waals surface area contributed by atoms with Crippen molar-refractivity contribution in [3.8, 4) is 0 Å². The molecule has 0 saturated carbocycles. The lowest BCUT2D eigenvalue weighted by Gasteiger charge is -2.34. The molecule has 0 N–H and O–H groups in total. The van der Waals surface area contributed by atoms with Crippen molar-refractivity contribution < 1.29 is 18.0 Å². The first kappa shape index (κ1) is 22.2. The zero-order valence-corrected chi connectivity index (χ0v) is 18.3. The van der Waals surface area contributed by atoms with Crippen molar-refractivity contribution in [3.05, 3.63) is 65.2 Å². The molecule has 0 aliphatic carbocycles. The number of rotatable bonds is 7. The van der Waals surface area contributed by atoms with Gasteiger partial charge in [-0.25, -0.2) is 8.42 Å². The number of carbonyl (C=O) groups is 2. The monoisotopic (exact) mass is 428 g/mol. The molecule has 1 heterocycles. The van der Waals surface area contributed by atoms with Crippen LogP contribution < -0.4 is 0 Å². The number of hydrogen-bond acceptors (Lipinski definition) is 4. The number of benzene rings is 2. The van der Waals surface area contributed by atoms with E-state index < -0.39 is 10.0 Å². The van der Waals surface area contributed by atoms with Gasteiger partial charge in [-0.1, -0.05) is 48.9 Å². The highest BCUT2D eigenvalue weighted by Gasteiger charge is 2.30. The summed E-state index contributed by atoms with van der Waals surface area (Å²) >= 11 is 0. The van der Waals surface area contributed by atoms with E-state index in [1.807, 2.05) is 19.1 Å². The van der Waals surface area contributed by atoms with Crippen LogP contribution in [0.15, 0.2) is 53.4 Å². The molecule has 1 amide bonds. The van der Waals surface area contributed by atoms with Crippen LogP contribution in [0, 0.1) is 6.92 Å². The Morgan fingerprint density at radius 2 is 1.47 bits per heavy atom. The molecular weight excluding hydrogens is 400 g/mol. The Balaban J connectivity index is 1.51. The van der Waals surface area contributed by atoms with E-state index in [-0.39, 0.29) is 42.5 Å². The summed E-state index contributed by atoms with van der Waals surface area (Å²) in [5, 5.41) is 0. The van der Waals surface area contributed by atoms with Gasteiger partial charge in [-0.05, 0) is 31.0 Å². The topological polar surface area (TPSA) is 74.8 Å². The minimum absolute atomic E-state index is 0.0495. The Bertz CT molecular complexity index is 991. The Kier molecular flexibility index (Phi) is 7.05. The quantitative estimate of drug-likeness (QED) is 0.636. The molecule has 3 rings (SSSR count). The lowest BCUT2D eigenvalue weighted by molar-refractivity contribution is -0.132. The maximum Gasteiger partial charge on any atom is 0.243 e. The van der Waals surface area contributed by atoms with Crippen LogP contribution in [0.5, 0.6) is 0 Å². The zero-order valence-electron chi connectivity index (χ0n) is 17.5. The summed E-state index contributed by atoms with van der Waals surface area (Å²) in [5.41, 5.74) is 2.79. The molecule has 1 aliphatic heterocycles. The van der Waals surface area contributed by atoms with Gasteiger partial charge in [-0.15, -0.1) is 0 Å². The standard InChI is InChI=1S/C23H28N2O4S/c1-3-19-6-8-20(9-7-19)22(26)12-13-23(27)24-14-16-25(17-15-24)30(28,29)21-10-4-18(2)5-11-21/h4-11H,3,12-17H2,1-2H3. The fourth-order valence-electron chi connectivity index (χ4n) is 3.49. The van der Waals surface area contributed by atoms with Crippen molar-refractivity contribution in [2.45, 2.75) is 38.0 Å². The summed E-state index contributed by atoms with van der Waals surface area (Å²) in [6.45, 7) is 5.16. The number of sulfonamides is 1. The second-order valence-electron chi connectivity index (χ2n) is 7.57. The van der Waals surface area contributed by atoms with E-state index in [2.05, 4.69) is 6.92 Å². The number of aryl methyl sites for hydroxylation is 2. The number of carbonyl (C=O) groups excluding carboxylic acids is 2. The van der Waals surface area contributed by atoms with Crippen LogP contribution >= 0.6 is 0 Å². The van der Waals surface area contributed by atoms with Crippen molar-refractivity contribution in [3.63, 3.8) is 0 Å². The summed E-state index contributed by atoms with van der Waals surface area (Å²) in [5.74, 6) is -0.160. The first-order chi connectivity index (χ1) is 14.3. The maximum absolute atomic E-state index is 12.8. The number of piperazine rings is 1. The van der Waals surface area contributed by atoms with Crippen LogP contribution in [0.25, 0.3) is 0 Å². The Morgan fingerprint density at radius 3 is 2.03 bits per heavy atom. The Labute approximate surface area is 178 Å². The number of ketones is 1. The van der Waals surface area contributed by atoms with Crippen molar-refractivity contribution in [1.29, 1.82) is 0 Å². The molecule has 0 atom stereocenters. The Hall–Kier alpha value is -2.51. The molecule has 0 unspecified atom stereocenters. The third kappa shape index (κ3) is 5.15. The molecule has 0 spiro atoms. The van der Waals surface area contributed by atoms with Crippen molar-refractivity contribution in [1.82, 2.24) is 9.21 Å². The van der Waals surface area contributed by atoms with Crippen LogP contribution in [0.3, 0.4) is 0 Å². The smallest absolute Gasteiger partial charge is 0.243 e. The molecule has 160 valence electrons. The normalized spacial score (nSPS) is 15.2. The van der Waals surface area contributed by atoms with Crippen molar-refractivity contribution in [2.24, 2.45) is 0 Å². The largest absolute Gasteiger partial charge is 0.340 e. The van der Waals surface area contributed by atoms with Crippen LogP contribution in [0.2, 0.25) is 0 Å². The number of amides is 1. The number of hydrogen-bond donors (Lipinski definition) is 0. The molecule has 30 heavy (non-hydrogen) atoms. The molecule has 0 aromatic heterocycles. The first-order valence-corrected chi connectivity index (χ1v) is 11.7. The van der Waals surface area contributed by atoms with Gasteiger partial charge in [0.05, 0.1) is 4.90 Å². The predicted octanol–water partition coefficient (Wildman–Crippen LogP) is 3.05. The molecule has 6 nitrogen and oxygen atoms in total. The Morgan fingerprint density at radius 1 is 0.867 bits per heavy atom. The molecule has 1 saturated heterocycles. The summed E-state index contributed by atoms with van der Waals surface area (Å²) in [6, 6.07) is 14.3. The van der Waals surface area contributed by atoms with E-state index in [1.54, 1.807) is 41.3 Å². The van der Waals surface area contributed by atoms with Crippen LogP contribution in [-0.4, -0.2) is 55.5 Å². The second-order valence-corrected chi connectivity index (χ2v) is 9.51. The van der Waals surface area contributed by atoms with Gasteiger partial charge in [0.25, 0.3) is 0 Å². The average Bonchev–Trinajstić information content (AvgIpc) is 2.77. The molecule has 0 bridgehead atoms. The fraction of sp³-hybridized carbons (Fsp3) is 0.391. The molecule has 7 heteroatoms. The fourth-order valence-corrected chi connectivity index (χ4v) is 4.91. The van der Waals surface area contributed by atoms with E-state index in [9.17, 15) is 18.0 Å². The lowest BCUT2D eigenvalue weighted by atomic mass is 10.0. The van der Waals surface area contributed by atoms with Gasteiger partial charge in [0, 0.05) is 44.6 Å². The first-order valence-electron chi connectivity index (χ1n) is 10.3. The van der Waals surface area contributed by atoms with E-state index >= 15 is 0 Å². The summed E-state index contributed by atoms with van der Waals surface area (Å²) in [7, 11) is -3.55. The zero-order chi connectivity index (χ0) is 21.7. The molecule has 1 aliphatic rings. The molecule has 0 radical (unpaired) electrons. The van der Waals surface area contributed by atoms with Crippen molar-refractivity contribution in [2.75, 3.05) is 26.2 Å².